The predicted octanol–water partition coefficient (Wildman–Crippen LogP) is 5.57. The maximum atomic E-state index is 11.8. The summed E-state index contributed by atoms with van der Waals surface area (Å²) < 4.78 is 0. The van der Waals surface area contributed by atoms with Crippen molar-refractivity contribution < 1.29 is 20.4 Å². The van der Waals surface area contributed by atoms with Gasteiger partial charge in [0.1, 0.15) is 23.0 Å². The topological polar surface area (TPSA) is 80.9 Å². The van der Waals surface area contributed by atoms with Gasteiger partial charge in [-0.25, -0.2) is 0 Å². The Kier molecular flexibility index (Phi) is 5.63. The highest BCUT2D eigenvalue weighted by Crippen LogP contribution is 2.42. The van der Waals surface area contributed by atoms with Gasteiger partial charge in [-0.05, 0) is 62.7 Å². The summed E-state index contributed by atoms with van der Waals surface area (Å²) in [4.78, 5) is 0. The zero-order valence-corrected chi connectivity index (χ0v) is 18.9. The minimum absolute atomic E-state index is 0.00445. The first-order chi connectivity index (χ1) is 17.0. The highest BCUT2D eigenvalue weighted by molar-refractivity contribution is 5.92. The second-order valence-corrected chi connectivity index (χ2v) is 8.50. The Morgan fingerprint density at radius 1 is 0.714 bits per heavy atom. The third-order valence-electron chi connectivity index (χ3n) is 6.30. The number of aliphatic hydroxyl groups is 1. The molecule has 4 heteroatoms. The maximum absolute atomic E-state index is 11.8. The van der Waals surface area contributed by atoms with Crippen molar-refractivity contribution >= 4 is 33.4 Å². The number of aliphatic hydroxyl groups excluding tert-OH is 1. The number of phenolic OH excluding ortho intramolecular Hbond substituents is 3. The molecule has 0 heterocycles. The summed E-state index contributed by atoms with van der Waals surface area (Å²) in [7, 11) is 0. The van der Waals surface area contributed by atoms with Gasteiger partial charge in [-0.3, -0.25) is 0 Å². The van der Waals surface area contributed by atoms with Crippen molar-refractivity contribution in [3.8, 4) is 17.2 Å². The summed E-state index contributed by atoms with van der Waals surface area (Å²) in [6.45, 7) is 3.76. The molecule has 0 spiro atoms. The molecule has 5 aromatic carbocycles. The van der Waals surface area contributed by atoms with Gasteiger partial charge in [-0.15, -0.1) is 0 Å². The van der Waals surface area contributed by atoms with Crippen LogP contribution in [0.5, 0.6) is 17.2 Å². The molecule has 35 heavy (non-hydrogen) atoms. The lowest BCUT2D eigenvalue weighted by atomic mass is 9.84. The van der Waals surface area contributed by atoms with Crippen LogP contribution in [-0.2, 0) is 0 Å². The number of rotatable bonds is 4. The van der Waals surface area contributed by atoms with E-state index in [1.807, 2.05) is 42.5 Å². The van der Waals surface area contributed by atoms with Crippen molar-refractivity contribution in [1.29, 1.82) is 0 Å². The summed E-state index contributed by atoms with van der Waals surface area (Å²) in [5.41, 5.74) is 1.21. The molecule has 0 aromatic heterocycles. The van der Waals surface area contributed by atoms with E-state index < -0.39 is 5.92 Å². The number of phenols is 3. The Bertz CT molecular complexity index is 1710. The fraction of sp³-hybridized carbons (Fsp3) is 0.0323. The van der Waals surface area contributed by atoms with Gasteiger partial charge in [0.15, 0.2) is 0 Å². The Morgan fingerprint density at radius 3 is 2.20 bits per heavy atom. The lowest BCUT2D eigenvalue weighted by Gasteiger charge is -2.22. The Hall–Kier alpha value is -4.70. The molecular formula is C31H24O4. The molecule has 1 unspecified atom stereocenters. The van der Waals surface area contributed by atoms with Crippen LogP contribution in [0.1, 0.15) is 17.0 Å². The van der Waals surface area contributed by atoms with Crippen LogP contribution in [0.4, 0.5) is 0 Å². The summed E-state index contributed by atoms with van der Waals surface area (Å²) in [6, 6.07) is 26.9. The van der Waals surface area contributed by atoms with E-state index in [1.54, 1.807) is 54.6 Å². The first kappa shape index (κ1) is 22.1. The number of fused-ring (bicyclic) bond motifs is 2. The van der Waals surface area contributed by atoms with E-state index in [1.165, 1.54) is 6.07 Å². The standard InChI is InChI=1S/C31H24O4/c1-2-5-20-10-13-25(33)18-27(20)31(35)29(23-9-8-19-6-3-4-7-22(19)16-23)30-26-17-24(32)14-11-21(26)12-15-28(30)34/h2-18,29,32-35H,1H2/b20-5-,31-27-. The molecule has 172 valence electrons. The largest absolute Gasteiger partial charge is 0.511 e. The number of hydrogen-bond acceptors (Lipinski definition) is 4. The van der Waals surface area contributed by atoms with Crippen molar-refractivity contribution in [2.75, 3.05) is 0 Å². The van der Waals surface area contributed by atoms with Gasteiger partial charge in [0.25, 0.3) is 0 Å². The van der Waals surface area contributed by atoms with Gasteiger partial charge in [-0.2, -0.15) is 0 Å². The van der Waals surface area contributed by atoms with Gasteiger partial charge in [0.05, 0.1) is 5.92 Å². The molecule has 0 bridgehead atoms. The van der Waals surface area contributed by atoms with Crippen LogP contribution in [0.3, 0.4) is 0 Å². The van der Waals surface area contributed by atoms with E-state index in [4.69, 9.17) is 0 Å². The van der Waals surface area contributed by atoms with E-state index in [0.717, 1.165) is 21.7 Å². The van der Waals surface area contributed by atoms with Gasteiger partial charge >= 0.3 is 0 Å². The lowest BCUT2D eigenvalue weighted by molar-refractivity contribution is 0.448. The molecule has 0 saturated carbocycles. The zero-order chi connectivity index (χ0) is 24.5. The van der Waals surface area contributed by atoms with E-state index in [2.05, 4.69) is 6.58 Å². The van der Waals surface area contributed by atoms with Crippen molar-refractivity contribution in [3.05, 3.63) is 125 Å². The van der Waals surface area contributed by atoms with E-state index in [9.17, 15) is 20.4 Å². The predicted molar refractivity (Wildman–Crippen MR) is 141 cm³/mol. The van der Waals surface area contributed by atoms with Gasteiger partial charge in [0.2, 0.25) is 0 Å². The number of aromatic hydroxyl groups is 3. The molecule has 5 aromatic rings. The van der Waals surface area contributed by atoms with Gasteiger partial charge < -0.3 is 20.4 Å². The highest BCUT2D eigenvalue weighted by atomic mass is 16.3. The maximum Gasteiger partial charge on any atom is 0.120 e. The van der Waals surface area contributed by atoms with Crippen molar-refractivity contribution in [1.82, 2.24) is 0 Å². The van der Waals surface area contributed by atoms with E-state index in [0.29, 0.717) is 21.4 Å². The third kappa shape index (κ3) is 4.06. The Balaban J connectivity index is 1.93. The summed E-state index contributed by atoms with van der Waals surface area (Å²) in [5, 5.41) is 47.9. The van der Waals surface area contributed by atoms with Crippen LogP contribution in [0, 0.1) is 0 Å². The molecule has 0 amide bonds. The summed E-state index contributed by atoms with van der Waals surface area (Å²) >= 11 is 0. The molecule has 0 aliphatic rings. The van der Waals surface area contributed by atoms with E-state index in [-0.39, 0.29) is 23.0 Å². The summed E-state index contributed by atoms with van der Waals surface area (Å²) in [6.07, 6.45) is 3.36. The molecule has 4 nitrogen and oxygen atoms in total. The van der Waals surface area contributed by atoms with Crippen LogP contribution >= 0.6 is 0 Å². The Labute approximate surface area is 202 Å². The quantitative estimate of drug-likeness (QED) is 0.282. The lowest BCUT2D eigenvalue weighted by Crippen LogP contribution is -2.29. The zero-order valence-electron chi connectivity index (χ0n) is 18.9. The average molecular weight is 461 g/mol. The van der Waals surface area contributed by atoms with Crippen molar-refractivity contribution in [2.45, 2.75) is 5.92 Å². The van der Waals surface area contributed by atoms with Crippen LogP contribution in [0.25, 0.3) is 33.4 Å². The van der Waals surface area contributed by atoms with Crippen molar-refractivity contribution in [2.24, 2.45) is 0 Å². The fourth-order valence-electron chi connectivity index (χ4n) is 4.67. The number of benzene rings is 5. The van der Waals surface area contributed by atoms with Crippen LogP contribution < -0.4 is 10.4 Å². The van der Waals surface area contributed by atoms with Crippen molar-refractivity contribution in [3.63, 3.8) is 0 Å². The first-order valence-electron chi connectivity index (χ1n) is 11.2. The fourth-order valence-corrected chi connectivity index (χ4v) is 4.67. The normalized spacial score (nSPS) is 13.7. The molecule has 4 N–H and O–H groups in total. The minimum Gasteiger partial charge on any atom is -0.511 e. The highest BCUT2D eigenvalue weighted by Gasteiger charge is 2.26. The van der Waals surface area contributed by atoms with Gasteiger partial charge in [0, 0.05) is 10.8 Å². The molecular weight excluding hydrogens is 436 g/mol. The van der Waals surface area contributed by atoms with Crippen LogP contribution in [0.15, 0.2) is 104 Å². The molecule has 1 atom stereocenters. The third-order valence-corrected chi connectivity index (χ3v) is 6.30. The van der Waals surface area contributed by atoms with E-state index >= 15 is 0 Å². The van der Waals surface area contributed by atoms with Gasteiger partial charge in [-0.1, -0.05) is 79.4 Å². The number of hydrogen-bond donors (Lipinski definition) is 4. The van der Waals surface area contributed by atoms with Crippen LogP contribution in [0.2, 0.25) is 0 Å². The van der Waals surface area contributed by atoms with Crippen LogP contribution in [-0.4, -0.2) is 20.4 Å². The SMILES string of the molecule is C=C/C=c1/ccc(O)c/c1=C(/O)C(c1ccc2ccccc2c1)c1c(O)ccc2ccc(O)cc12. The smallest absolute Gasteiger partial charge is 0.120 e. The summed E-state index contributed by atoms with van der Waals surface area (Å²) in [5.74, 6) is -0.787. The Morgan fingerprint density at radius 2 is 1.40 bits per heavy atom. The molecule has 5 rings (SSSR count). The average Bonchev–Trinajstić information content (AvgIpc) is 2.86. The first-order valence-corrected chi connectivity index (χ1v) is 11.2. The molecule has 0 saturated heterocycles. The second-order valence-electron chi connectivity index (χ2n) is 8.50. The molecule has 0 aliphatic carbocycles. The second kappa shape index (κ2) is 8.92. The number of allylic oxidation sites excluding steroid dienone is 1. The molecule has 0 fully saturated rings. The monoisotopic (exact) mass is 460 g/mol. The molecule has 0 radical (unpaired) electrons. The minimum atomic E-state index is -0.788. The molecule has 0 aliphatic heterocycles.